The van der Waals surface area contributed by atoms with E-state index in [-0.39, 0.29) is 6.42 Å². The van der Waals surface area contributed by atoms with Crippen LogP contribution in [-0.2, 0) is 16.8 Å². The number of H-pyrrole nitrogens is 1. The van der Waals surface area contributed by atoms with Gasteiger partial charge in [0.2, 0.25) is 0 Å². The maximum Gasteiger partial charge on any atom is 0.340 e. The molecule has 1 atom stereocenters. The number of rotatable bonds is 1. The zero-order chi connectivity index (χ0) is 8.77. The van der Waals surface area contributed by atoms with Gasteiger partial charge in [-0.05, 0) is 18.4 Å². The number of aromatic amines is 1. The Labute approximate surface area is 68.8 Å². The number of carboxylic acids is 1. The van der Waals surface area contributed by atoms with E-state index < -0.39 is 11.6 Å². The van der Waals surface area contributed by atoms with E-state index in [0.29, 0.717) is 12.0 Å². The fourth-order valence-electron chi connectivity index (χ4n) is 1.66. The van der Waals surface area contributed by atoms with Crippen molar-refractivity contribution in [3.8, 4) is 0 Å². The van der Waals surface area contributed by atoms with Gasteiger partial charge in [0.15, 0.2) is 5.60 Å². The maximum absolute atomic E-state index is 10.7. The molecule has 0 bridgehead atoms. The Kier molecular flexibility index (Phi) is 1.29. The van der Waals surface area contributed by atoms with Crippen molar-refractivity contribution in [2.45, 2.75) is 18.4 Å². The van der Waals surface area contributed by atoms with E-state index in [9.17, 15) is 9.90 Å². The van der Waals surface area contributed by atoms with Crippen LogP contribution in [0.5, 0.6) is 0 Å². The summed E-state index contributed by atoms with van der Waals surface area (Å²) < 4.78 is 0. The Bertz CT molecular complexity index is 331. The van der Waals surface area contributed by atoms with Crippen LogP contribution in [0.25, 0.3) is 0 Å². The third kappa shape index (κ3) is 0.726. The molecular weight excluding hydrogens is 158 g/mol. The number of carboxylic acid groups (broad SMARTS) is 1. The van der Waals surface area contributed by atoms with Crippen molar-refractivity contribution in [2.75, 3.05) is 0 Å². The van der Waals surface area contributed by atoms with Crippen molar-refractivity contribution >= 4 is 5.97 Å². The number of fused-ring (bicyclic) bond motifs is 1. The normalized spacial score (nSPS) is 27.1. The Hall–Kier alpha value is -1.29. The van der Waals surface area contributed by atoms with E-state index in [1.54, 1.807) is 12.4 Å². The van der Waals surface area contributed by atoms with Crippen molar-refractivity contribution in [3.63, 3.8) is 0 Å². The van der Waals surface area contributed by atoms with E-state index in [4.69, 9.17) is 5.11 Å². The van der Waals surface area contributed by atoms with Crippen LogP contribution in [0, 0.1) is 0 Å². The SMILES string of the molecule is O=C(O)C1(O)CCc2c[nH]cc21. The molecule has 2 rings (SSSR count). The quantitative estimate of drug-likeness (QED) is 0.560. The lowest BCUT2D eigenvalue weighted by Crippen LogP contribution is -2.32. The van der Waals surface area contributed by atoms with E-state index in [2.05, 4.69) is 4.98 Å². The van der Waals surface area contributed by atoms with E-state index >= 15 is 0 Å². The molecule has 1 aliphatic rings. The molecule has 0 fully saturated rings. The largest absolute Gasteiger partial charge is 0.479 e. The summed E-state index contributed by atoms with van der Waals surface area (Å²) in [6, 6.07) is 0. The number of aliphatic carboxylic acids is 1. The third-order valence-electron chi connectivity index (χ3n) is 2.39. The van der Waals surface area contributed by atoms with Crippen LogP contribution in [-0.4, -0.2) is 21.2 Å². The van der Waals surface area contributed by atoms with Gasteiger partial charge in [0.1, 0.15) is 0 Å². The number of aryl methyl sites for hydroxylation is 1. The Balaban J connectivity index is 2.51. The number of nitrogens with one attached hydrogen (secondary N) is 1. The molecule has 1 aromatic rings. The molecule has 0 aliphatic heterocycles. The summed E-state index contributed by atoms with van der Waals surface area (Å²) in [7, 11) is 0. The molecule has 12 heavy (non-hydrogen) atoms. The first-order chi connectivity index (χ1) is 5.64. The van der Waals surface area contributed by atoms with Crippen molar-refractivity contribution in [1.82, 2.24) is 4.98 Å². The minimum atomic E-state index is -1.66. The van der Waals surface area contributed by atoms with Crippen LogP contribution in [0.15, 0.2) is 12.4 Å². The molecule has 1 unspecified atom stereocenters. The highest BCUT2D eigenvalue weighted by Crippen LogP contribution is 2.36. The molecule has 0 spiro atoms. The fourth-order valence-corrected chi connectivity index (χ4v) is 1.66. The van der Waals surface area contributed by atoms with Gasteiger partial charge in [0, 0.05) is 18.0 Å². The molecule has 0 aromatic carbocycles. The molecule has 1 heterocycles. The monoisotopic (exact) mass is 167 g/mol. The van der Waals surface area contributed by atoms with Crippen LogP contribution in [0.1, 0.15) is 17.5 Å². The van der Waals surface area contributed by atoms with Crippen LogP contribution in [0.4, 0.5) is 0 Å². The molecule has 0 radical (unpaired) electrons. The molecule has 0 saturated heterocycles. The van der Waals surface area contributed by atoms with Gasteiger partial charge < -0.3 is 15.2 Å². The molecule has 0 amide bonds. The highest BCUT2D eigenvalue weighted by molar-refractivity contribution is 5.80. The topological polar surface area (TPSA) is 73.3 Å². The highest BCUT2D eigenvalue weighted by atomic mass is 16.4. The molecule has 4 heteroatoms. The third-order valence-corrected chi connectivity index (χ3v) is 2.39. The van der Waals surface area contributed by atoms with Crippen LogP contribution >= 0.6 is 0 Å². The van der Waals surface area contributed by atoms with E-state index in [0.717, 1.165) is 5.56 Å². The van der Waals surface area contributed by atoms with Gasteiger partial charge in [-0.1, -0.05) is 0 Å². The second-order valence-electron chi connectivity index (χ2n) is 3.06. The smallest absolute Gasteiger partial charge is 0.340 e. The average Bonchev–Trinajstić information content (AvgIpc) is 2.54. The van der Waals surface area contributed by atoms with Gasteiger partial charge >= 0.3 is 5.97 Å². The molecule has 64 valence electrons. The summed E-state index contributed by atoms with van der Waals surface area (Å²) in [5.74, 6) is -1.17. The van der Waals surface area contributed by atoms with Crippen molar-refractivity contribution in [1.29, 1.82) is 0 Å². The predicted octanol–water partition coefficient (Wildman–Crippen LogP) is 0.233. The molecule has 3 N–H and O–H groups in total. The van der Waals surface area contributed by atoms with Gasteiger partial charge in [0.25, 0.3) is 0 Å². The number of aromatic nitrogens is 1. The molecule has 4 nitrogen and oxygen atoms in total. The van der Waals surface area contributed by atoms with Crippen LogP contribution in [0.2, 0.25) is 0 Å². The zero-order valence-corrected chi connectivity index (χ0v) is 6.37. The second kappa shape index (κ2) is 2.10. The van der Waals surface area contributed by atoms with Crippen molar-refractivity contribution in [2.24, 2.45) is 0 Å². The molecule has 1 aliphatic carbocycles. The van der Waals surface area contributed by atoms with Crippen LogP contribution in [0.3, 0.4) is 0 Å². The van der Waals surface area contributed by atoms with Gasteiger partial charge in [0.05, 0.1) is 0 Å². The summed E-state index contributed by atoms with van der Waals surface area (Å²) in [6.45, 7) is 0. The summed E-state index contributed by atoms with van der Waals surface area (Å²) in [5.41, 5.74) is -0.245. The lowest BCUT2D eigenvalue weighted by Gasteiger charge is -2.16. The summed E-state index contributed by atoms with van der Waals surface area (Å²) >= 11 is 0. The maximum atomic E-state index is 10.7. The summed E-state index contributed by atoms with van der Waals surface area (Å²) in [4.78, 5) is 13.5. The highest BCUT2D eigenvalue weighted by Gasteiger charge is 2.44. The first kappa shape index (κ1) is 7.36. The number of aliphatic hydroxyl groups is 1. The standard InChI is InChI=1S/C8H9NO3/c10-7(11)8(12)2-1-5-3-9-4-6(5)8/h3-4,9,12H,1-2H2,(H,10,11). The Morgan fingerprint density at radius 1 is 1.58 bits per heavy atom. The van der Waals surface area contributed by atoms with Gasteiger partial charge in [-0.25, -0.2) is 4.79 Å². The lowest BCUT2D eigenvalue weighted by molar-refractivity contribution is -0.159. The number of hydrogen-bond donors (Lipinski definition) is 3. The molecule has 1 aromatic heterocycles. The lowest BCUT2D eigenvalue weighted by atomic mass is 9.99. The van der Waals surface area contributed by atoms with Gasteiger partial charge in [-0.2, -0.15) is 0 Å². The van der Waals surface area contributed by atoms with Crippen LogP contribution < -0.4 is 0 Å². The fraction of sp³-hybridized carbons (Fsp3) is 0.375. The number of hydrogen-bond acceptors (Lipinski definition) is 2. The second-order valence-corrected chi connectivity index (χ2v) is 3.06. The summed E-state index contributed by atoms with van der Waals surface area (Å²) in [5, 5.41) is 18.5. The van der Waals surface area contributed by atoms with Crippen molar-refractivity contribution < 1.29 is 15.0 Å². The Morgan fingerprint density at radius 3 is 3.00 bits per heavy atom. The predicted molar refractivity (Wildman–Crippen MR) is 40.6 cm³/mol. The van der Waals surface area contributed by atoms with Crippen molar-refractivity contribution in [3.05, 3.63) is 23.5 Å². The molecule has 0 saturated carbocycles. The average molecular weight is 167 g/mol. The van der Waals surface area contributed by atoms with Gasteiger partial charge in [-0.3, -0.25) is 0 Å². The van der Waals surface area contributed by atoms with E-state index in [1.165, 1.54) is 0 Å². The van der Waals surface area contributed by atoms with Gasteiger partial charge in [-0.15, -0.1) is 0 Å². The zero-order valence-electron chi connectivity index (χ0n) is 6.37. The minimum Gasteiger partial charge on any atom is -0.479 e. The number of carbonyl (C=O) groups is 1. The molecular formula is C8H9NO3. The Morgan fingerprint density at radius 2 is 2.33 bits per heavy atom. The first-order valence-electron chi connectivity index (χ1n) is 3.76. The van der Waals surface area contributed by atoms with E-state index in [1.807, 2.05) is 0 Å². The minimum absolute atomic E-state index is 0.279. The summed E-state index contributed by atoms with van der Waals surface area (Å²) in [6.07, 6.45) is 4.19. The first-order valence-corrected chi connectivity index (χ1v) is 3.76.